The first-order valence-electron chi connectivity index (χ1n) is 10.4. The third kappa shape index (κ3) is 7.31. The van der Waals surface area contributed by atoms with Gasteiger partial charge >= 0.3 is 6.18 Å². The summed E-state index contributed by atoms with van der Waals surface area (Å²) in [5.74, 6) is 0.234. The van der Waals surface area contributed by atoms with E-state index in [1.807, 2.05) is 12.1 Å². The van der Waals surface area contributed by atoms with Crippen LogP contribution in [0.2, 0.25) is 0 Å². The number of nitrogens with one attached hydrogen (secondary N) is 1. The zero-order valence-electron chi connectivity index (χ0n) is 17.4. The molecule has 1 aliphatic heterocycles. The smallest absolute Gasteiger partial charge is 0.422 e. The van der Waals surface area contributed by atoms with E-state index in [-0.39, 0.29) is 5.75 Å². The Balaban J connectivity index is 1.51. The summed E-state index contributed by atoms with van der Waals surface area (Å²) < 4.78 is 41.8. The van der Waals surface area contributed by atoms with Crippen molar-refractivity contribution in [1.29, 1.82) is 0 Å². The lowest BCUT2D eigenvalue weighted by Gasteiger charge is -2.34. The lowest BCUT2D eigenvalue weighted by Crippen LogP contribution is -2.45. The number of hydrogen-bond donors (Lipinski definition) is 1. The second-order valence-electron chi connectivity index (χ2n) is 7.63. The standard InChI is InChI=1S/C23H30F3N3O/c1-2-28-10-12-29(13-11-28)17-21-8-4-3-7-20(21)16-27-15-19-6-5-9-22(14-19)30-18-23(24,25)26/h3-9,14,27H,2,10-13,15-18H2,1H3. The fourth-order valence-corrected chi connectivity index (χ4v) is 3.64. The lowest BCUT2D eigenvalue weighted by atomic mass is 10.1. The van der Waals surface area contributed by atoms with Crippen LogP contribution in [0.1, 0.15) is 23.6 Å². The number of halogens is 3. The van der Waals surface area contributed by atoms with E-state index in [9.17, 15) is 13.2 Å². The Bertz CT molecular complexity index is 789. The van der Waals surface area contributed by atoms with Gasteiger partial charge in [-0.15, -0.1) is 0 Å². The molecule has 2 aromatic rings. The van der Waals surface area contributed by atoms with Crippen LogP contribution in [-0.4, -0.2) is 55.3 Å². The number of benzene rings is 2. The predicted molar refractivity (Wildman–Crippen MR) is 112 cm³/mol. The Labute approximate surface area is 176 Å². The molecule has 0 bridgehead atoms. The summed E-state index contributed by atoms with van der Waals surface area (Å²) in [4.78, 5) is 4.96. The molecular formula is C23H30F3N3O. The fraction of sp³-hybridized carbons (Fsp3) is 0.478. The van der Waals surface area contributed by atoms with Crippen LogP contribution in [-0.2, 0) is 19.6 Å². The Kier molecular flexibility index (Phi) is 8.13. The molecule has 2 aromatic carbocycles. The van der Waals surface area contributed by atoms with Gasteiger partial charge in [0.05, 0.1) is 0 Å². The van der Waals surface area contributed by atoms with Gasteiger partial charge < -0.3 is 15.0 Å². The molecule has 4 nitrogen and oxygen atoms in total. The second kappa shape index (κ2) is 10.8. The maximum Gasteiger partial charge on any atom is 0.422 e. The maximum atomic E-state index is 12.3. The van der Waals surface area contributed by atoms with Crippen LogP contribution >= 0.6 is 0 Å². The molecule has 1 heterocycles. The van der Waals surface area contributed by atoms with Gasteiger partial charge in [0.25, 0.3) is 0 Å². The molecule has 30 heavy (non-hydrogen) atoms. The van der Waals surface area contributed by atoms with Gasteiger partial charge in [0, 0.05) is 45.8 Å². The summed E-state index contributed by atoms with van der Waals surface area (Å²) in [6.45, 7) is 8.64. The van der Waals surface area contributed by atoms with Crippen LogP contribution in [0.15, 0.2) is 48.5 Å². The molecule has 0 aromatic heterocycles. The summed E-state index contributed by atoms with van der Waals surface area (Å²) in [5.41, 5.74) is 3.46. The molecule has 0 unspecified atom stereocenters. The van der Waals surface area contributed by atoms with E-state index < -0.39 is 12.8 Å². The zero-order chi connectivity index (χ0) is 21.4. The van der Waals surface area contributed by atoms with Gasteiger partial charge in [-0.3, -0.25) is 4.90 Å². The molecule has 0 aliphatic carbocycles. The van der Waals surface area contributed by atoms with Crippen LogP contribution in [0.5, 0.6) is 5.75 Å². The molecule has 1 N–H and O–H groups in total. The molecule has 7 heteroatoms. The number of alkyl halides is 3. The minimum Gasteiger partial charge on any atom is -0.484 e. The van der Waals surface area contributed by atoms with E-state index >= 15 is 0 Å². The third-order valence-corrected chi connectivity index (χ3v) is 5.37. The largest absolute Gasteiger partial charge is 0.484 e. The van der Waals surface area contributed by atoms with E-state index in [0.29, 0.717) is 13.1 Å². The van der Waals surface area contributed by atoms with Gasteiger partial charge in [-0.2, -0.15) is 13.2 Å². The molecule has 1 aliphatic rings. The Morgan fingerprint density at radius 1 is 0.900 bits per heavy atom. The first kappa shape index (κ1) is 22.6. The summed E-state index contributed by atoms with van der Waals surface area (Å²) in [6, 6.07) is 15.2. The zero-order valence-corrected chi connectivity index (χ0v) is 17.4. The first-order chi connectivity index (χ1) is 14.4. The quantitative estimate of drug-likeness (QED) is 0.661. The average molecular weight is 422 g/mol. The maximum absolute atomic E-state index is 12.3. The van der Waals surface area contributed by atoms with Crippen molar-refractivity contribution in [2.24, 2.45) is 0 Å². The highest BCUT2D eigenvalue weighted by molar-refractivity contribution is 5.29. The molecule has 0 atom stereocenters. The minimum atomic E-state index is -4.33. The van der Waals surface area contributed by atoms with E-state index in [1.54, 1.807) is 18.2 Å². The summed E-state index contributed by atoms with van der Waals surface area (Å²) in [5, 5.41) is 3.41. The molecule has 0 spiro atoms. The van der Waals surface area contributed by atoms with Gasteiger partial charge in [-0.05, 0) is 35.4 Å². The van der Waals surface area contributed by atoms with Crippen molar-refractivity contribution >= 4 is 0 Å². The molecule has 1 saturated heterocycles. The van der Waals surface area contributed by atoms with Crippen LogP contribution in [0.4, 0.5) is 13.2 Å². The van der Waals surface area contributed by atoms with Crippen molar-refractivity contribution in [2.75, 3.05) is 39.3 Å². The second-order valence-corrected chi connectivity index (χ2v) is 7.63. The molecule has 0 saturated carbocycles. The highest BCUT2D eigenvalue weighted by Crippen LogP contribution is 2.20. The predicted octanol–water partition coefficient (Wildman–Crippen LogP) is 4.06. The minimum absolute atomic E-state index is 0.234. The van der Waals surface area contributed by atoms with Crippen LogP contribution in [0.25, 0.3) is 0 Å². The number of piperazine rings is 1. The fourth-order valence-electron chi connectivity index (χ4n) is 3.64. The topological polar surface area (TPSA) is 27.7 Å². The van der Waals surface area contributed by atoms with E-state index in [2.05, 4.69) is 40.2 Å². The number of likely N-dealkylation sites (N-methyl/N-ethyl adjacent to an activating group) is 1. The number of rotatable bonds is 9. The van der Waals surface area contributed by atoms with Gasteiger partial charge in [-0.1, -0.05) is 43.3 Å². The van der Waals surface area contributed by atoms with E-state index in [1.165, 1.54) is 11.1 Å². The summed E-state index contributed by atoms with van der Waals surface area (Å²) in [7, 11) is 0. The summed E-state index contributed by atoms with van der Waals surface area (Å²) in [6.07, 6.45) is -4.33. The lowest BCUT2D eigenvalue weighted by molar-refractivity contribution is -0.153. The number of nitrogens with zero attached hydrogens (tertiary/aromatic N) is 2. The van der Waals surface area contributed by atoms with Crippen molar-refractivity contribution in [2.45, 2.75) is 32.7 Å². The van der Waals surface area contributed by atoms with Crippen molar-refractivity contribution in [3.8, 4) is 5.75 Å². The van der Waals surface area contributed by atoms with Crippen molar-refractivity contribution in [3.05, 3.63) is 65.2 Å². The first-order valence-corrected chi connectivity index (χ1v) is 10.4. The number of ether oxygens (including phenoxy) is 1. The monoisotopic (exact) mass is 421 g/mol. The van der Waals surface area contributed by atoms with Crippen LogP contribution in [0, 0.1) is 0 Å². The molecule has 0 radical (unpaired) electrons. The Morgan fingerprint density at radius 3 is 2.30 bits per heavy atom. The molecule has 0 amide bonds. The van der Waals surface area contributed by atoms with Gasteiger partial charge in [0.15, 0.2) is 6.61 Å². The van der Waals surface area contributed by atoms with Crippen molar-refractivity contribution < 1.29 is 17.9 Å². The molecule has 1 fully saturated rings. The molecule has 164 valence electrons. The number of hydrogen-bond acceptors (Lipinski definition) is 4. The third-order valence-electron chi connectivity index (χ3n) is 5.37. The normalized spacial score (nSPS) is 16.0. The van der Waals surface area contributed by atoms with Gasteiger partial charge in [-0.25, -0.2) is 0 Å². The van der Waals surface area contributed by atoms with Crippen LogP contribution < -0.4 is 10.1 Å². The van der Waals surface area contributed by atoms with Gasteiger partial charge in [0.1, 0.15) is 5.75 Å². The summed E-state index contributed by atoms with van der Waals surface area (Å²) >= 11 is 0. The highest BCUT2D eigenvalue weighted by Gasteiger charge is 2.28. The molecular weight excluding hydrogens is 391 g/mol. The van der Waals surface area contributed by atoms with Crippen molar-refractivity contribution in [1.82, 2.24) is 15.1 Å². The van der Waals surface area contributed by atoms with Crippen LogP contribution in [0.3, 0.4) is 0 Å². The average Bonchev–Trinajstić information content (AvgIpc) is 2.74. The highest BCUT2D eigenvalue weighted by atomic mass is 19.4. The Morgan fingerprint density at radius 2 is 1.60 bits per heavy atom. The molecule has 3 rings (SSSR count). The van der Waals surface area contributed by atoms with Gasteiger partial charge in [0.2, 0.25) is 0 Å². The van der Waals surface area contributed by atoms with Crippen molar-refractivity contribution in [3.63, 3.8) is 0 Å². The SMILES string of the molecule is CCN1CCN(Cc2ccccc2CNCc2cccc(OCC(F)(F)F)c2)CC1. The van der Waals surface area contributed by atoms with E-state index in [4.69, 9.17) is 4.74 Å². The Hall–Kier alpha value is -2.09. The van der Waals surface area contributed by atoms with E-state index in [0.717, 1.165) is 44.8 Å².